The molecule has 0 saturated carbocycles. The van der Waals surface area contributed by atoms with Gasteiger partial charge in [-0.2, -0.15) is 0 Å². The van der Waals surface area contributed by atoms with Crippen molar-refractivity contribution in [2.24, 2.45) is 5.14 Å². The van der Waals surface area contributed by atoms with Crippen molar-refractivity contribution in [1.82, 2.24) is 9.97 Å². The summed E-state index contributed by atoms with van der Waals surface area (Å²) in [6, 6.07) is 11.1. The van der Waals surface area contributed by atoms with E-state index in [0.29, 0.717) is 5.52 Å². The van der Waals surface area contributed by atoms with Crippen LogP contribution < -0.4 is 14.9 Å². The summed E-state index contributed by atoms with van der Waals surface area (Å²) >= 11 is 0. The van der Waals surface area contributed by atoms with E-state index in [1.807, 2.05) is 0 Å². The smallest absolute Gasteiger partial charge is 0.238 e. The second-order valence-electron chi connectivity index (χ2n) is 6.37. The van der Waals surface area contributed by atoms with Crippen LogP contribution in [0.1, 0.15) is 0 Å². The lowest BCUT2D eigenvalue weighted by atomic mass is 10.2. The van der Waals surface area contributed by atoms with Gasteiger partial charge in [-0.25, -0.2) is 27.9 Å². The SMILES string of the molecule is NS(=O)(=O)c1ccc(N2CCN(c3ncnc4cc(F)ccc34)CC2)cc1. The average molecular weight is 387 g/mol. The number of nitrogens with two attached hydrogens (primary N) is 1. The number of hydrogen-bond donors (Lipinski definition) is 1. The highest BCUT2D eigenvalue weighted by molar-refractivity contribution is 7.89. The minimum atomic E-state index is -3.69. The molecule has 0 amide bonds. The Kier molecular flexibility index (Phi) is 4.40. The summed E-state index contributed by atoms with van der Waals surface area (Å²) in [5, 5.41) is 5.96. The number of benzene rings is 2. The molecule has 0 bridgehead atoms. The van der Waals surface area contributed by atoms with E-state index in [1.165, 1.54) is 30.6 Å². The number of hydrogen-bond acceptors (Lipinski definition) is 6. The number of aromatic nitrogens is 2. The number of sulfonamides is 1. The first-order valence-electron chi connectivity index (χ1n) is 8.45. The Labute approximate surface area is 156 Å². The number of halogens is 1. The first kappa shape index (κ1) is 17.6. The summed E-state index contributed by atoms with van der Waals surface area (Å²) in [5.74, 6) is 0.476. The fraction of sp³-hybridized carbons (Fsp3) is 0.222. The molecule has 0 radical (unpaired) electrons. The lowest BCUT2D eigenvalue weighted by molar-refractivity contribution is 0.597. The molecule has 2 N–H and O–H groups in total. The van der Waals surface area contributed by atoms with E-state index in [-0.39, 0.29) is 10.7 Å². The third-order valence-corrected chi connectivity index (χ3v) is 5.62. The first-order valence-corrected chi connectivity index (χ1v) is 9.99. The van der Waals surface area contributed by atoms with Crippen LogP contribution in [-0.4, -0.2) is 44.6 Å². The van der Waals surface area contributed by atoms with Gasteiger partial charge in [0.05, 0.1) is 10.4 Å². The normalized spacial score (nSPS) is 15.3. The fourth-order valence-electron chi connectivity index (χ4n) is 3.29. The third kappa shape index (κ3) is 3.56. The van der Waals surface area contributed by atoms with Crippen molar-refractivity contribution in [1.29, 1.82) is 0 Å². The van der Waals surface area contributed by atoms with Crippen LogP contribution in [0.3, 0.4) is 0 Å². The van der Waals surface area contributed by atoms with Gasteiger partial charge in [0, 0.05) is 43.3 Å². The van der Waals surface area contributed by atoms with E-state index in [9.17, 15) is 12.8 Å². The van der Waals surface area contributed by atoms with Crippen molar-refractivity contribution >= 4 is 32.4 Å². The zero-order valence-corrected chi connectivity index (χ0v) is 15.2. The summed E-state index contributed by atoms with van der Waals surface area (Å²) in [4.78, 5) is 13.0. The van der Waals surface area contributed by atoms with Gasteiger partial charge in [-0.05, 0) is 36.4 Å². The van der Waals surface area contributed by atoms with Crippen LogP contribution in [0.5, 0.6) is 0 Å². The maximum absolute atomic E-state index is 13.4. The van der Waals surface area contributed by atoms with E-state index < -0.39 is 10.0 Å². The largest absolute Gasteiger partial charge is 0.368 e. The van der Waals surface area contributed by atoms with Crippen LogP contribution in [0.15, 0.2) is 53.7 Å². The lowest BCUT2D eigenvalue weighted by Crippen LogP contribution is -2.46. The molecule has 0 spiro atoms. The van der Waals surface area contributed by atoms with E-state index in [4.69, 9.17) is 5.14 Å². The molecule has 2 aromatic carbocycles. The Bertz CT molecular complexity index is 1080. The van der Waals surface area contributed by atoms with E-state index in [1.54, 1.807) is 18.2 Å². The molecule has 4 rings (SSSR count). The van der Waals surface area contributed by atoms with E-state index >= 15 is 0 Å². The molecule has 2 heterocycles. The van der Waals surface area contributed by atoms with Crippen LogP contribution in [0.4, 0.5) is 15.9 Å². The molecule has 9 heteroatoms. The summed E-state index contributed by atoms with van der Waals surface area (Å²) in [6.07, 6.45) is 1.45. The number of anilines is 2. The molecule has 1 aliphatic rings. The third-order valence-electron chi connectivity index (χ3n) is 4.69. The molecule has 7 nitrogen and oxygen atoms in total. The Hall–Kier alpha value is -2.78. The molecule has 1 aromatic heterocycles. The van der Waals surface area contributed by atoms with Crippen molar-refractivity contribution in [3.63, 3.8) is 0 Å². The Morgan fingerprint density at radius 1 is 0.926 bits per heavy atom. The lowest BCUT2D eigenvalue weighted by Gasteiger charge is -2.37. The molecule has 0 unspecified atom stereocenters. The molecule has 27 heavy (non-hydrogen) atoms. The highest BCUT2D eigenvalue weighted by Crippen LogP contribution is 2.26. The zero-order valence-electron chi connectivity index (χ0n) is 14.4. The maximum atomic E-state index is 13.4. The quantitative estimate of drug-likeness (QED) is 0.736. The zero-order chi connectivity index (χ0) is 19.0. The summed E-state index contributed by atoms with van der Waals surface area (Å²) in [5.41, 5.74) is 1.53. The standard InChI is InChI=1S/C18H18FN5O2S/c19-13-1-6-16-17(11-13)21-12-22-18(16)24-9-7-23(8-10-24)14-2-4-15(5-3-14)27(20,25)26/h1-6,11-12H,7-10H2,(H2,20,25,26). The average Bonchev–Trinajstić information content (AvgIpc) is 2.67. The van der Waals surface area contributed by atoms with Crippen LogP contribution in [-0.2, 0) is 10.0 Å². The highest BCUT2D eigenvalue weighted by Gasteiger charge is 2.20. The van der Waals surface area contributed by atoms with Crippen molar-refractivity contribution in [2.45, 2.75) is 4.90 Å². The highest BCUT2D eigenvalue weighted by atomic mass is 32.2. The maximum Gasteiger partial charge on any atom is 0.238 e. The van der Waals surface area contributed by atoms with Gasteiger partial charge in [0.2, 0.25) is 10.0 Å². The van der Waals surface area contributed by atoms with Gasteiger partial charge in [0.1, 0.15) is 18.0 Å². The van der Waals surface area contributed by atoms with Gasteiger partial charge in [0.15, 0.2) is 0 Å². The van der Waals surface area contributed by atoms with Crippen molar-refractivity contribution in [3.8, 4) is 0 Å². The molecule has 0 atom stereocenters. The van der Waals surface area contributed by atoms with Crippen molar-refractivity contribution in [2.75, 3.05) is 36.0 Å². The Balaban J connectivity index is 1.51. The number of rotatable bonds is 3. The molecule has 1 fully saturated rings. The monoisotopic (exact) mass is 387 g/mol. The second kappa shape index (κ2) is 6.75. The topological polar surface area (TPSA) is 92.4 Å². The number of fused-ring (bicyclic) bond motifs is 1. The first-order chi connectivity index (χ1) is 12.9. The minimum absolute atomic E-state index is 0.101. The number of piperazine rings is 1. The van der Waals surface area contributed by atoms with Gasteiger partial charge < -0.3 is 9.80 Å². The van der Waals surface area contributed by atoms with Crippen molar-refractivity contribution in [3.05, 3.63) is 54.6 Å². The Morgan fingerprint density at radius 2 is 1.59 bits per heavy atom. The van der Waals surface area contributed by atoms with Crippen LogP contribution >= 0.6 is 0 Å². The minimum Gasteiger partial charge on any atom is -0.368 e. The Morgan fingerprint density at radius 3 is 2.26 bits per heavy atom. The molecule has 1 saturated heterocycles. The van der Waals surface area contributed by atoms with Crippen LogP contribution in [0, 0.1) is 5.82 Å². The second-order valence-corrected chi connectivity index (χ2v) is 7.93. The summed E-state index contributed by atoms with van der Waals surface area (Å²) < 4.78 is 36.2. The molecule has 140 valence electrons. The van der Waals surface area contributed by atoms with Crippen LogP contribution in [0.2, 0.25) is 0 Å². The molecule has 0 aliphatic carbocycles. The summed E-state index contributed by atoms with van der Waals surface area (Å²) in [7, 11) is -3.69. The van der Waals surface area contributed by atoms with E-state index in [0.717, 1.165) is 43.1 Å². The predicted octanol–water partition coefficient (Wildman–Crippen LogP) is 1.74. The molecular formula is C18H18FN5O2S. The fourth-order valence-corrected chi connectivity index (χ4v) is 3.81. The summed E-state index contributed by atoms with van der Waals surface area (Å²) in [6.45, 7) is 2.98. The van der Waals surface area contributed by atoms with Gasteiger partial charge in [-0.15, -0.1) is 0 Å². The van der Waals surface area contributed by atoms with E-state index in [2.05, 4.69) is 19.8 Å². The molecule has 1 aliphatic heterocycles. The van der Waals surface area contributed by atoms with Crippen LogP contribution in [0.25, 0.3) is 10.9 Å². The van der Waals surface area contributed by atoms with Gasteiger partial charge in [-0.1, -0.05) is 0 Å². The predicted molar refractivity (Wildman–Crippen MR) is 102 cm³/mol. The number of primary sulfonamides is 1. The van der Waals surface area contributed by atoms with Gasteiger partial charge in [0.25, 0.3) is 0 Å². The van der Waals surface area contributed by atoms with Crippen molar-refractivity contribution < 1.29 is 12.8 Å². The van der Waals surface area contributed by atoms with Gasteiger partial charge in [-0.3, -0.25) is 0 Å². The molecular weight excluding hydrogens is 369 g/mol. The van der Waals surface area contributed by atoms with Gasteiger partial charge >= 0.3 is 0 Å². The number of nitrogens with zero attached hydrogens (tertiary/aromatic N) is 4. The molecule has 3 aromatic rings.